The number of nitrogens with one attached hydrogen (secondary N) is 2. The number of carbonyl (C=O) groups excluding carboxylic acids is 2. The summed E-state index contributed by atoms with van der Waals surface area (Å²) in [6.07, 6.45) is 3.18. The average Bonchev–Trinajstić information content (AvgIpc) is 3.47. The van der Waals surface area contributed by atoms with Crippen molar-refractivity contribution in [2.45, 2.75) is 36.9 Å². The molecular weight excluding hydrogens is 352 g/mol. The molecule has 0 spiro atoms. The Morgan fingerprint density at radius 3 is 2.85 bits per heavy atom. The minimum Gasteiger partial charge on any atom is -0.469 e. The highest BCUT2D eigenvalue weighted by Crippen LogP contribution is 2.29. The molecule has 1 aromatic carbocycles. The fraction of sp³-hybridized carbons (Fsp3) is 0.444. The molecule has 26 heavy (non-hydrogen) atoms. The van der Waals surface area contributed by atoms with Crippen LogP contribution in [0.2, 0.25) is 0 Å². The number of ether oxygens (including phenoxy) is 1. The van der Waals surface area contributed by atoms with Gasteiger partial charge < -0.3 is 15.4 Å². The van der Waals surface area contributed by atoms with Crippen molar-refractivity contribution in [3.8, 4) is 0 Å². The lowest BCUT2D eigenvalue weighted by molar-refractivity contribution is -0.140. The fourth-order valence-corrected chi connectivity index (χ4v) is 3.08. The number of aromatic nitrogens is 2. The third-order valence-electron chi connectivity index (χ3n) is 3.94. The van der Waals surface area contributed by atoms with Gasteiger partial charge in [0.1, 0.15) is 5.82 Å². The zero-order valence-corrected chi connectivity index (χ0v) is 15.5. The van der Waals surface area contributed by atoms with E-state index in [0.717, 1.165) is 29.6 Å². The standard InChI is InChI=1S/C18H22N4O3S/c1-25-16(24)7-4-10-19-15(23)11-26-18-21-14-6-3-2-5-13(14)17(22-18)20-12-8-9-12/h2-3,5-6,12H,4,7-11H2,1H3,(H,19,23)(H,20,21,22). The van der Waals surface area contributed by atoms with Crippen molar-refractivity contribution in [3.63, 3.8) is 0 Å². The predicted octanol–water partition coefficient (Wildman–Crippen LogP) is 2.37. The summed E-state index contributed by atoms with van der Waals surface area (Å²) < 4.78 is 4.56. The van der Waals surface area contributed by atoms with Gasteiger partial charge in [-0.3, -0.25) is 9.59 Å². The quantitative estimate of drug-likeness (QED) is 0.301. The number of esters is 1. The number of fused-ring (bicyclic) bond motifs is 1. The topological polar surface area (TPSA) is 93.2 Å². The highest BCUT2D eigenvalue weighted by molar-refractivity contribution is 7.99. The van der Waals surface area contributed by atoms with Crippen LogP contribution < -0.4 is 10.6 Å². The molecular formula is C18H22N4O3S. The number of methoxy groups -OCH3 is 1. The Morgan fingerprint density at radius 1 is 1.27 bits per heavy atom. The van der Waals surface area contributed by atoms with Gasteiger partial charge in [-0.1, -0.05) is 23.9 Å². The first-order valence-corrected chi connectivity index (χ1v) is 9.64. The number of anilines is 1. The molecule has 1 amide bonds. The fourth-order valence-electron chi connectivity index (χ4n) is 2.39. The second kappa shape index (κ2) is 8.84. The maximum Gasteiger partial charge on any atom is 0.305 e. The summed E-state index contributed by atoms with van der Waals surface area (Å²) >= 11 is 1.31. The van der Waals surface area contributed by atoms with Crippen LogP contribution in [0.4, 0.5) is 5.82 Å². The molecule has 0 saturated heterocycles. The summed E-state index contributed by atoms with van der Waals surface area (Å²) in [6, 6.07) is 8.36. The van der Waals surface area contributed by atoms with Gasteiger partial charge in [-0.2, -0.15) is 0 Å². The molecule has 2 aromatic rings. The third-order valence-corrected chi connectivity index (χ3v) is 4.79. The van der Waals surface area contributed by atoms with Crippen molar-refractivity contribution in [2.24, 2.45) is 0 Å². The Kier molecular flexibility index (Phi) is 6.27. The zero-order valence-electron chi connectivity index (χ0n) is 14.7. The number of rotatable bonds is 9. The Labute approximate surface area is 156 Å². The Bertz CT molecular complexity index is 795. The number of amides is 1. The second-order valence-corrected chi connectivity index (χ2v) is 7.05. The first kappa shape index (κ1) is 18.4. The van der Waals surface area contributed by atoms with Crippen molar-refractivity contribution in [2.75, 3.05) is 24.7 Å². The van der Waals surface area contributed by atoms with Gasteiger partial charge in [0.15, 0.2) is 5.16 Å². The molecule has 1 aliphatic carbocycles. The van der Waals surface area contributed by atoms with Crippen LogP contribution in [0, 0.1) is 0 Å². The second-order valence-electron chi connectivity index (χ2n) is 6.11. The molecule has 1 heterocycles. The van der Waals surface area contributed by atoms with Crippen molar-refractivity contribution in [1.82, 2.24) is 15.3 Å². The molecule has 0 aliphatic heterocycles. The molecule has 1 aromatic heterocycles. The van der Waals surface area contributed by atoms with E-state index >= 15 is 0 Å². The summed E-state index contributed by atoms with van der Waals surface area (Å²) in [5.74, 6) is 0.695. The summed E-state index contributed by atoms with van der Waals surface area (Å²) in [4.78, 5) is 32.1. The number of hydrogen-bond acceptors (Lipinski definition) is 7. The van der Waals surface area contributed by atoms with E-state index in [1.165, 1.54) is 18.9 Å². The van der Waals surface area contributed by atoms with E-state index in [1.54, 1.807) is 0 Å². The van der Waals surface area contributed by atoms with Crippen molar-refractivity contribution < 1.29 is 14.3 Å². The first-order valence-electron chi connectivity index (χ1n) is 8.65. The number of carbonyl (C=O) groups is 2. The van der Waals surface area contributed by atoms with Crippen LogP contribution in [0.25, 0.3) is 10.9 Å². The lowest BCUT2D eigenvalue weighted by atomic mass is 10.2. The number of para-hydroxylation sites is 1. The van der Waals surface area contributed by atoms with Crippen LogP contribution in [-0.4, -0.2) is 47.3 Å². The highest BCUT2D eigenvalue weighted by atomic mass is 32.2. The molecule has 0 unspecified atom stereocenters. The molecule has 2 N–H and O–H groups in total. The summed E-state index contributed by atoms with van der Waals surface area (Å²) in [5.41, 5.74) is 0.867. The highest BCUT2D eigenvalue weighted by Gasteiger charge is 2.22. The van der Waals surface area contributed by atoms with Gasteiger partial charge in [-0.15, -0.1) is 0 Å². The van der Waals surface area contributed by atoms with Crippen LogP contribution in [-0.2, 0) is 14.3 Å². The van der Waals surface area contributed by atoms with Crippen LogP contribution >= 0.6 is 11.8 Å². The zero-order chi connectivity index (χ0) is 18.4. The number of thioether (sulfide) groups is 1. The van der Waals surface area contributed by atoms with Crippen LogP contribution in [0.15, 0.2) is 29.4 Å². The molecule has 0 bridgehead atoms. The molecule has 7 nitrogen and oxygen atoms in total. The van der Waals surface area contributed by atoms with Crippen LogP contribution in [0.3, 0.4) is 0 Å². The minimum atomic E-state index is -0.270. The minimum absolute atomic E-state index is 0.103. The van der Waals surface area contributed by atoms with E-state index in [0.29, 0.717) is 30.6 Å². The Balaban J connectivity index is 1.54. The lowest BCUT2D eigenvalue weighted by Crippen LogP contribution is -2.26. The largest absolute Gasteiger partial charge is 0.469 e. The van der Waals surface area contributed by atoms with E-state index < -0.39 is 0 Å². The molecule has 3 rings (SSSR count). The van der Waals surface area contributed by atoms with E-state index in [-0.39, 0.29) is 17.6 Å². The number of nitrogens with zero attached hydrogens (tertiary/aromatic N) is 2. The SMILES string of the molecule is COC(=O)CCCNC(=O)CSc1nc(NC2CC2)c2ccccc2n1. The number of hydrogen-bond donors (Lipinski definition) is 2. The molecule has 0 atom stereocenters. The lowest BCUT2D eigenvalue weighted by Gasteiger charge is -2.10. The van der Waals surface area contributed by atoms with Gasteiger partial charge in [-0.05, 0) is 31.4 Å². The normalized spacial score (nSPS) is 13.4. The maximum atomic E-state index is 11.9. The van der Waals surface area contributed by atoms with Gasteiger partial charge in [0, 0.05) is 24.4 Å². The molecule has 1 fully saturated rings. The smallest absolute Gasteiger partial charge is 0.305 e. The van der Waals surface area contributed by atoms with Crippen molar-refractivity contribution in [3.05, 3.63) is 24.3 Å². The van der Waals surface area contributed by atoms with Gasteiger partial charge in [0.2, 0.25) is 5.91 Å². The summed E-state index contributed by atoms with van der Waals surface area (Å²) in [7, 11) is 1.35. The average molecular weight is 374 g/mol. The van der Waals surface area contributed by atoms with E-state index in [4.69, 9.17) is 0 Å². The summed E-state index contributed by atoms with van der Waals surface area (Å²) in [5, 5.41) is 7.80. The van der Waals surface area contributed by atoms with E-state index in [1.807, 2.05) is 24.3 Å². The van der Waals surface area contributed by atoms with Gasteiger partial charge in [0.25, 0.3) is 0 Å². The molecule has 1 aliphatic rings. The van der Waals surface area contributed by atoms with Crippen LogP contribution in [0.1, 0.15) is 25.7 Å². The van der Waals surface area contributed by atoms with Crippen molar-refractivity contribution in [1.29, 1.82) is 0 Å². The molecule has 1 saturated carbocycles. The maximum absolute atomic E-state index is 11.9. The Morgan fingerprint density at radius 2 is 2.08 bits per heavy atom. The van der Waals surface area contributed by atoms with Crippen molar-refractivity contribution >= 4 is 40.4 Å². The monoisotopic (exact) mass is 374 g/mol. The van der Waals surface area contributed by atoms with E-state index in [9.17, 15) is 9.59 Å². The number of benzene rings is 1. The summed E-state index contributed by atoms with van der Waals surface area (Å²) in [6.45, 7) is 0.446. The third kappa shape index (κ3) is 5.32. The molecule has 8 heteroatoms. The van der Waals surface area contributed by atoms with E-state index in [2.05, 4.69) is 25.3 Å². The first-order chi connectivity index (χ1) is 12.7. The van der Waals surface area contributed by atoms with Crippen LogP contribution in [0.5, 0.6) is 0 Å². The van der Waals surface area contributed by atoms with Gasteiger partial charge in [0.05, 0.1) is 18.4 Å². The predicted molar refractivity (Wildman–Crippen MR) is 101 cm³/mol. The molecule has 138 valence electrons. The molecule has 0 radical (unpaired) electrons. The Hall–Kier alpha value is -2.35. The van der Waals surface area contributed by atoms with Gasteiger partial charge in [-0.25, -0.2) is 9.97 Å². The van der Waals surface area contributed by atoms with Gasteiger partial charge >= 0.3 is 5.97 Å².